The summed E-state index contributed by atoms with van der Waals surface area (Å²) in [6.07, 6.45) is 1.33. The van der Waals surface area contributed by atoms with Crippen LogP contribution in [0.2, 0.25) is 5.02 Å². The van der Waals surface area contributed by atoms with Gasteiger partial charge in [-0.05, 0) is 18.1 Å². The molecule has 0 aliphatic heterocycles. The van der Waals surface area contributed by atoms with Crippen LogP contribution in [0.25, 0.3) is 0 Å². The summed E-state index contributed by atoms with van der Waals surface area (Å²) in [5, 5.41) is 3.13. The van der Waals surface area contributed by atoms with E-state index in [0.717, 1.165) is 5.56 Å². The quantitative estimate of drug-likeness (QED) is 0.878. The minimum Gasteiger partial charge on any atom is -0.365 e. The first kappa shape index (κ1) is 11.7. The van der Waals surface area contributed by atoms with Gasteiger partial charge in [0.2, 0.25) is 0 Å². The normalized spacial score (nSPS) is 10.2. The number of anilines is 1. The van der Waals surface area contributed by atoms with Gasteiger partial charge in [0.25, 0.3) is 5.56 Å². The number of aromatic nitrogens is 2. The zero-order valence-electron chi connectivity index (χ0n) is 9.33. The fraction of sp³-hybridized carbons (Fsp3) is 0.167. The van der Waals surface area contributed by atoms with Crippen molar-refractivity contribution < 1.29 is 0 Å². The van der Waals surface area contributed by atoms with Gasteiger partial charge in [-0.15, -0.1) is 0 Å². The molecule has 17 heavy (non-hydrogen) atoms. The van der Waals surface area contributed by atoms with E-state index in [1.54, 1.807) is 0 Å². The minimum atomic E-state index is -0.339. The van der Waals surface area contributed by atoms with Gasteiger partial charge in [-0.1, -0.05) is 35.9 Å². The van der Waals surface area contributed by atoms with Crippen LogP contribution in [0.15, 0.2) is 35.4 Å². The Morgan fingerprint density at radius 3 is 2.94 bits per heavy atom. The second kappa shape index (κ2) is 5.01. The molecule has 2 aromatic rings. The molecule has 0 radical (unpaired) electrons. The highest BCUT2D eigenvalue weighted by Crippen LogP contribution is 2.14. The Kier molecular flexibility index (Phi) is 3.44. The summed E-state index contributed by atoms with van der Waals surface area (Å²) in [5.41, 5.74) is 1.99. The number of H-pyrrole nitrogens is 1. The first-order chi connectivity index (χ1) is 8.18. The molecule has 2 N–H and O–H groups in total. The van der Waals surface area contributed by atoms with E-state index < -0.39 is 0 Å². The molecule has 88 valence electrons. The predicted molar refractivity (Wildman–Crippen MR) is 68.4 cm³/mol. The summed E-state index contributed by atoms with van der Waals surface area (Å²) < 4.78 is 0. The van der Waals surface area contributed by atoms with Crippen molar-refractivity contribution in [3.8, 4) is 0 Å². The lowest BCUT2D eigenvalue weighted by atomic mass is 10.1. The number of hydrogen-bond donors (Lipinski definition) is 2. The summed E-state index contributed by atoms with van der Waals surface area (Å²) in [6, 6.07) is 8.00. The molecular formula is C12H12ClN3O. The predicted octanol–water partition coefficient (Wildman–Crippen LogP) is 2.34. The number of hydrogen-bond acceptors (Lipinski definition) is 3. The minimum absolute atomic E-state index is 0.0843. The maximum atomic E-state index is 11.3. The van der Waals surface area contributed by atoms with Gasteiger partial charge in [0.05, 0.1) is 6.33 Å². The van der Waals surface area contributed by atoms with Crippen molar-refractivity contribution in [1.82, 2.24) is 9.97 Å². The molecule has 0 fully saturated rings. The van der Waals surface area contributed by atoms with Gasteiger partial charge in [-0.25, -0.2) is 4.98 Å². The molecule has 1 aromatic carbocycles. The molecule has 0 bridgehead atoms. The molecule has 0 aliphatic carbocycles. The molecule has 0 saturated carbocycles. The number of nitrogens with zero attached hydrogens (tertiary/aromatic N) is 1. The third kappa shape index (κ3) is 2.65. The highest BCUT2D eigenvalue weighted by molar-refractivity contribution is 6.32. The van der Waals surface area contributed by atoms with Crippen LogP contribution in [0.1, 0.15) is 11.1 Å². The van der Waals surface area contributed by atoms with Crippen LogP contribution in [0.3, 0.4) is 0 Å². The standard InChI is InChI=1S/C12H12ClN3O/c1-8-4-2-3-5-9(8)6-14-11-10(13)12(17)16-7-15-11/h2-5,7H,6H2,1H3,(H2,14,15,16,17). The number of rotatable bonds is 3. The fourth-order valence-corrected chi connectivity index (χ4v) is 1.66. The van der Waals surface area contributed by atoms with Crippen molar-refractivity contribution in [2.75, 3.05) is 5.32 Å². The lowest BCUT2D eigenvalue weighted by molar-refractivity contribution is 1.05. The Morgan fingerprint density at radius 2 is 2.18 bits per heavy atom. The highest BCUT2D eigenvalue weighted by atomic mass is 35.5. The molecule has 5 heteroatoms. The maximum absolute atomic E-state index is 11.3. The number of aryl methyl sites for hydroxylation is 1. The van der Waals surface area contributed by atoms with Crippen molar-refractivity contribution in [3.05, 3.63) is 57.1 Å². The second-order valence-corrected chi connectivity index (χ2v) is 4.05. The summed E-state index contributed by atoms with van der Waals surface area (Å²) in [4.78, 5) is 17.6. The zero-order chi connectivity index (χ0) is 12.3. The van der Waals surface area contributed by atoms with Crippen LogP contribution >= 0.6 is 11.6 Å². The van der Waals surface area contributed by atoms with Gasteiger partial charge in [0, 0.05) is 6.54 Å². The van der Waals surface area contributed by atoms with Crippen LogP contribution < -0.4 is 10.9 Å². The average molecular weight is 250 g/mol. The zero-order valence-corrected chi connectivity index (χ0v) is 10.1. The van der Waals surface area contributed by atoms with Crippen LogP contribution in [0.4, 0.5) is 5.82 Å². The largest absolute Gasteiger partial charge is 0.365 e. The van der Waals surface area contributed by atoms with Crippen molar-refractivity contribution in [1.29, 1.82) is 0 Å². The molecule has 0 amide bonds. The number of aromatic amines is 1. The highest BCUT2D eigenvalue weighted by Gasteiger charge is 2.05. The second-order valence-electron chi connectivity index (χ2n) is 3.67. The van der Waals surface area contributed by atoms with Gasteiger partial charge in [-0.2, -0.15) is 0 Å². The molecule has 2 rings (SSSR count). The molecule has 0 aliphatic rings. The number of benzene rings is 1. The van der Waals surface area contributed by atoms with Gasteiger partial charge in [0.15, 0.2) is 5.82 Å². The molecule has 1 aromatic heterocycles. The van der Waals surface area contributed by atoms with Crippen molar-refractivity contribution in [2.24, 2.45) is 0 Å². The van der Waals surface area contributed by atoms with Crippen molar-refractivity contribution >= 4 is 17.4 Å². The number of halogens is 1. The number of nitrogens with one attached hydrogen (secondary N) is 2. The van der Waals surface area contributed by atoms with E-state index in [1.807, 2.05) is 31.2 Å². The molecular weight excluding hydrogens is 238 g/mol. The lowest BCUT2D eigenvalue weighted by Crippen LogP contribution is -2.12. The van der Waals surface area contributed by atoms with Crippen LogP contribution in [-0.2, 0) is 6.54 Å². The molecule has 1 heterocycles. The first-order valence-electron chi connectivity index (χ1n) is 5.20. The van der Waals surface area contributed by atoms with Crippen LogP contribution in [0, 0.1) is 6.92 Å². The van der Waals surface area contributed by atoms with Gasteiger partial charge < -0.3 is 10.3 Å². The summed E-state index contributed by atoms with van der Waals surface area (Å²) in [7, 11) is 0. The summed E-state index contributed by atoms with van der Waals surface area (Å²) >= 11 is 5.83. The smallest absolute Gasteiger partial charge is 0.271 e. The van der Waals surface area contributed by atoms with Gasteiger partial charge in [-0.3, -0.25) is 4.79 Å². The topological polar surface area (TPSA) is 57.8 Å². The summed E-state index contributed by atoms with van der Waals surface area (Å²) in [6.45, 7) is 2.62. The van der Waals surface area contributed by atoms with Crippen molar-refractivity contribution in [3.63, 3.8) is 0 Å². The SMILES string of the molecule is Cc1ccccc1CNc1nc[nH]c(=O)c1Cl. The van der Waals surface area contributed by atoms with E-state index in [1.165, 1.54) is 11.9 Å². The Hall–Kier alpha value is -1.81. The van der Waals surface area contributed by atoms with Gasteiger partial charge >= 0.3 is 0 Å². The third-order valence-corrected chi connectivity index (χ3v) is 2.85. The van der Waals surface area contributed by atoms with E-state index >= 15 is 0 Å². The molecule has 0 saturated heterocycles. The molecule has 4 nitrogen and oxygen atoms in total. The van der Waals surface area contributed by atoms with E-state index in [2.05, 4.69) is 15.3 Å². The molecule has 0 atom stereocenters. The lowest BCUT2D eigenvalue weighted by Gasteiger charge is -2.08. The first-order valence-corrected chi connectivity index (χ1v) is 5.58. The van der Waals surface area contributed by atoms with E-state index in [-0.39, 0.29) is 10.6 Å². The Balaban J connectivity index is 2.16. The molecule has 0 spiro atoms. The van der Waals surface area contributed by atoms with E-state index in [9.17, 15) is 4.79 Å². The Bertz CT molecular complexity index is 580. The monoisotopic (exact) mass is 249 g/mol. The van der Waals surface area contributed by atoms with Crippen LogP contribution in [0.5, 0.6) is 0 Å². The van der Waals surface area contributed by atoms with Crippen LogP contribution in [-0.4, -0.2) is 9.97 Å². The molecule has 0 unspecified atom stereocenters. The summed E-state index contributed by atoms with van der Waals surface area (Å²) in [5.74, 6) is 0.402. The Labute approximate surface area is 104 Å². The van der Waals surface area contributed by atoms with Gasteiger partial charge in [0.1, 0.15) is 5.02 Å². The van der Waals surface area contributed by atoms with E-state index in [0.29, 0.717) is 12.4 Å². The average Bonchev–Trinajstić information content (AvgIpc) is 2.33. The Morgan fingerprint density at radius 1 is 1.41 bits per heavy atom. The van der Waals surface area contributed by atoms with Crippen molar-refractivity contribution in [2.45, 2.75) is 13.5 Å². The maximum Gasteiger partial charge on any atom is 0.271 e. The third-order valence-electron chi connectivity index (χ3n) is 2.50. The fourth-order valence-electron chi connectivity index (χ4n) is 1.49. The van der Waals surface area contributed by atoms with E-state index in [4.69, 9.17) is 11.6 Å².